The average molecular weight is 408 g/mol. The molecule has 1 saturated heterocycles. The van der Waals surface area contributed by atoms with Gasteiger partial charge in [0.15, 0.2) is 5.96 Å². The Hall–Kier alpha value is -1.64. The minimum absolute atomic E-state index is 0.141. The van der Waals surface area contributed by atoms with Crippen LogP contribution in [0.25, 0.3) is 0 Å². The third-order valence-electron chi connectivity index (χ3n) is 5.67. The third-order valence-corrected chi connectivity index (χ3v) is 6.60. The minimum atomic E-state index is -3.64. The van der Waals surface area contributed by atoms with Crippen LogP contribution < -0.4 is 15.8 Å². The second kappa shape index (κ2) is 9.71. The molecule has 1 aliphatic heterocycles. The van der Waals surface area contributed by atoms with Crippen molar-refractivity contribution in [1.82, 2.24) is 15.5 Å². The van der Waals surface area contributed by atoms with E-state index in [1.54, 1.807) is 24.3 Å². The van der Waals surface area contributed by atoms with Gasteiger partial charge in [0, 0.05) is 38.3 Å². The number of rotatable bonds is 7. The number of primary sulfonamides is 1. The van der Waals surface area contributed by atoms with Gasteiger partial charge in [0.1, 0.15) is 0 Å². The average Bonchev–Trinajstić information content (AvgIpc) is 3.33. The zero-order valence-corrected chi connectivity index (χ0v) is 17.5. The van der Waals surface area contributed by atoms with E-state index in [1.165, 1.54) is 32.2 Å². The maximum atomic E-state index is 11.3. The monoisotopic (exact) mass is 407 g/mol. The molecule has 1 saturated carbocycles. The van der Waals surface area contributed by atoms with Crippen LogP contribution in [0.1, 0.15) is 44.6 Å². The number of likely N-dealkylation sites (tertiary alicyclic amines) is 1. The molecule has 1 atom stereocenters. The molecule has 28 heavy (non-hydrogen) atoms. The largest absolute Gasteiger partial charge is 0.357 e. The quantitative estimate of drug-likeness (QED) is 0.469. The molecule has 2 fully saturated rings. The van der Waals surface area contributed by atoms with Gasteiger partial charge in [-0.15, -0.1) is 0 Å². The van der Waals surface area contributed by atoms with Crippen LogP contribution in [-0.2, 0) is 16.4 Å². The standard InChI is InChI=1S/C20H33N5O2S/c1-2-22-20(24-17-12-14-25(15-17)18-5-3-4-6-18)23-13-11-16-7-9-19(10-8-16)28(21,26)27/h7-10,17-18H,2-6,11-15H2,1H3,(H2,21,26,27)(H2,22,23,24). The molecule has 1 aromatic carbocycles. The van der Waals surface area contributed by atoms with Crippen molar-refractivity contribution >= 4 is 16.0 Å². The Morgan fingerprint density at radius 2 is 1.93 bits per heavy atom. The topological polar surface area (TPSA) is 99.8 Å². The van der Waals surface area contributed by atoms with Gasteiger partial charge < -0.3 is 10.6 Å². The van der Waals surface area contributed by atoms with E-state index in [9.17, 15) is 8.42 Å². The summed E-state index contributed by atoms with van der Waals surface area (Å²) in [6.07, 6.45) is 7.37. The van der Waals surface area contributed by atoms with Crippen molar-refractivity contribution in [3.63, 3.8) is 0 Å². The number of nitrogens with two attached hydrogens (primary N) is 1. The summed E-state index contributed by atoms with van der Waals surface area (Å²) in [7, 11) is -3.64. The molecule has 0 spiro atoms. The van der Waals surface area contributed by atoms with Gasteiger partial charge in [-0.25, -0.2) is 13.6 Å². The zero-order valence-electron chi connectivity index (χ0n) is 16.7. The molecular weight excluding hydrogens is 374 g/mol. The lowest BCUT2D eigenvalue weighted by Gasteiger charge is -2.24. The van der Waals surface area contributed by atoms with Gasteiger partial charge in [0.05, 0.1) is 4.90 Å². The van der Waals surface area contributed by atoms with Gasteiger partial charge in [0.25, 0.3) is 0 Å². The summed E-state index contributed by atoms with van der Waals surface area (Å²) in [4.78, 5) is 7.48. The highest BCUT2D eigenvalue weighted by Crippen LogP contribution is 2.26. The Labute approximate surface area is 168 Å². The predicted octanol–water partition coefficient (Wildman–Crippen LogP) is 1.45. The molecule has 3 rings (SSSR count). The summed E-state index contributed by atoms with van der Waals surface area (Å²) in [5.41, 5.74) is 1.04. The lowest BCUT2D eigenvalue weighted by atomic mass is 10.1. The summed E-state index contributed by atoms with van der Waals surface area (Å²) in [6.45, 7) is 5.82. The fraction of sp³-hybridized carbons (Fsp3) is 0.650. The van der Waals surface area contributed by atoms with Crippen molar-refractivity contribution in [2.45, 2.75) is 62.4 Å². The number of sulfonamides is 1. The molecule has 0 bridgehead atoms. The van der Waals surface area contributed by atoms with Gasteiger partial charge in [0.2, 0.25) is 10.0 Å². The normalized spacial score (nSPS) is 21.9. The second-order valence-corrected chi connectivity index (χ2v) is 9.32. The van der Waals surface area contributed by atoms with Gasteiger partial charge >= 0.3 is 0 Å². The Morgan fingerprint density at radius 3 is 2.57 bits per heavy atom. The minimum Gasteiger partial charge on any atom is -0.357 e. The molecule has 1 aromatic rings. The van der Waals surface area contributed by atoms with Gasteiger partial charge in [-0.3, -0.25) is 9.89 Å². The number of nitrogens with zero attached hydrogens (tertiary/aromatic N) is 2. The van der Waals surface area contributed by atoms with E-state index >= 15 is 0 Å². The summed E-state index contributed by atoms with van der Waals surface area (Å²) < 4.78 is 22.7. The molecule has 0 radical (unpaired) electrons. The van der Waals surface area contributed by atoms with Crippen LogP contribution in [0.4, 0.5) is 0 Å². The van der Waals surface area contributed by atoms with Crippen molar-refractivity contribution < 1.29 is 8.42 Å². The predicted molar refractivity (Wildman–Crippen MR) is 113 cm³/mol. The highest BCUT2D eigenvalue weighted by atomic mass is 32.2. The van der Waals surface area contributed by atoms with E-state index in [2.05, 4.69) is 22.5 Å². The second-order valence-electron chi connectivity index (χ2n) is 7.76. The number of guanidine groups is 1. The Kier molecular flexibility index (Phi) is 7.31. The highest BCUT2D eigenvalue weighted by Gasteiger charge is 2.30. The molecule has 7 nitrogen and oxygen atoms in total. The van der Waals surface area contributed by atoms with Crippen LogP contribution >= 0.6 is 0 Å². The molecule has 1 heterocycles. The molecule has 8 heteroatoms. The van der Waals surface area contributed by atoms with Crippen LogP contribution in [0.3, 0.4) is 0 Å². The molecule has 0 aromatic heterocycles. The summed E-state index contributed by atoms with van der Waals surface area (Å²) in [6, 6.07) is 7.93. The summed E-state index contributed by atoms with van der Waals surface area (Å²) >= 11 is 0. The van der Waals surface area contributed by atoms with Crippen molar-refractivity contribution in [2.24, 2.45) is 10.1 Å². The van der Waals surface area contributed by atoms with Crippen LogP contribution in [-0.4, -0.2) is 57.5 Å². The first-order valence-electron chi connectivity index (χ1n) is 10.4. The fourth-order valence-corrected chi connectivity index (χ4v) is 4.68. The van der Waals surface area contributed by atoms with E-state index in [-0.39, 0.29) is 4.90 Å². The van der Waals surface area contributed by atoms with Gasteiger partial charge in [-0.2, -0.15) is 0 Å². The third kappa shape index (κ3) is 5.93. The summed E-state index contributed by atoms with van der Waals surface area (Å²) in [5.74, 6) is 0.863. The number of hydrogen-bond donors (Lipinski definition) is 3. The first kappa shape index (κ1) is 21.1. The maximum Gasteiger partial charge on any atom is 0.238 e. The molecule has 0 amide bonds. The van der Waals surface area contributed by atoms with E-state index < -0.39 is 10.0 Å². The van der Waals surface area contributed by atoms with Crippen LogP contribution in [0.2, 0.25) is 0 Å². The molecule has 1 aliphatic carbocycles. The smallest absolute Gasteiger partial charge is 0.238 e. The first-order valence-corrected chi connectivity index (χ1v) is 11.9. The van der Waals surface area contributed by atoms with Crippen molar-refractivity contribution in [3.05, 3.63) is 29.8 Å². The molecule has 2 aliphatic rings. The van der Waals surface area contributed by atoms with Gasteiger partial charge in [-0.1, -0.05) is 25.0 Å². The van der Waals surface area contributed by atoms with Crippen LogP contribution in [0.15, 0.2) is 34.2 Å². The summed E-state index contributed by atoms with van der Waals surface area (Å²) in [5, 5.41) is 12.1. The lowest BCUT2D eigenvalue weighted by Crippen LogP contribution is -2.45. The van der Waals surface area contributed by atoms with E-state index in [4.69, 9.17) is 10.1 Å². The van der Waals surface area contributed by atoms with E-state index in [1.807, 2.05) is 0 Å². The van der Waals surface area contributed by atoms with E-state index in [0.29, 0.717) is 12.6 Å². The number of hydrogen-bond acceptors (Lipinski definition) is 4. The molecule has 156 valence electrons. The van der Waals surface area contributed by atoms with Crippen LogP contribution in [0.5, 0.6) is 0 Å². The van der Waals surface area contributed by atoms with Gasteiger partial charge in [-0.05, 0) is 50.3 Å². The number of nitrogens with one attached hydrogen (secondary N) is 2. The number of aliphatic imine (C=N–C) groups is 1. The van der Waals surface area contributed by atoms with Crippen molar-refractivity contribution in [3.8, 4) is 0 Å². The Balaban J connectivity index is 1.50. The molecule has 4 N–H and O–H groups in total. The lowest BCUT2D eigenvalue weighted by molar-refractivity contribution is 0.242. The van der Waals surface area contributed by atoms with Crippen LogP contribution in [0, 0.1) is 0 Å². The first-order chi connectivity index (χ1) is 13.5. The molecular formula is C20H33N5O2S. The highest BCUT2D eigenvalue weighted by molar-refractivity contribution is 7.89. The van der Waals surface area contributed by atoms with Crippen molar-refractivity contribution in [1.29, 1.82) is 0 Å². The number of benzene rings is 1. The van der Waals surface area contributed by atoms with Crippen molar-refractivity contribution in [2.75, 3.05) is 26.2 Å². The van der Waals surface area contributed by atoms with E-state index in [0.717, 1.165) is 43.5 Å². The Morgan fingerprint density at radius 1 is 1.21 bits per heavy atom. The Bertz CT molecular complexity index is 757. The molecule has 1 unspecified atom stereocenters. The SMILES string of the molecule is CCNC(=NCCc1ccc(S(N)(=O)=O)cc1)NC1CCN(C2CCCC2)C1. The zero-order chi connectivity index (χ0) is 20.0. The maximum absolute atomic E-state index is 11.3. The fourth-order valence-electron chi connectivity index (χ4n) is 4.16.